The Labute approximate surface area is 112 Å². The molecule has 0 aliphatic carbocycles. The summed E-state index contributed by atoms with van der Waals surface area (Å²) >= 11 is 7.32. The molecule has 0 bridgehead atoms. The van der Waals surface area contributed by atoms with Crippen molar-refractivity contribution in [1.82, 2.24) is 14.5 Å². The highest BCUT2D eigenvalue weighted by Gasteiger charge is 2.31. The number of hydrogen-bond donors (Lipinski definition) is 0. The molecule has 1 aliphatic rings. The SMILES string of the molecule is CCC1(CC)CCN(Cc2nnsc2Cl)CC1. The Bertz CT molecular complexity index is 352. The van der Waals surface area contributed by atoms with Gasteiger partial charge in [0.2, 0.25) is 0 Å². The third-order valence-electron chi connectivity index (χ3n) is 4.30. The first kappa shape index (κ1) is 13.2. The largest absolute Gasteiger partial charge is 0.297 e. The molecule has 2 heterocycles. The minimum atomic E-state index is 0.584. The van der Waals surface area contributed by atoms with Gasteiger partial charge in [-0.1, -0.05) is 42.8 Å². The zero-order valence-corrected chi connectivity index (χ0v) is 12.2. The summed E-state index contributed by atoms with van der Waals surface area (Å²) in [5.41, 5.74) is 1.53. The lowest BCUT2D eigenvalue weighted by atomic mass is 9.74. The van der Waals surface area contributed by atoms with Crippen molar-refractivity contribution >= 4 is 23.1 Å². The van der Waals surface area contributed by atoms with E-state index in [0.29, 0.717) is 5.41 Å². The predicted octanol–water partition coefficient (Wildman–Crippen LogP) is 3.59. The number of nitrogens with zero attached hydrogens (tertiary/aromatic N) is 3. The third-order valence-corrected chi connectivity index (χ3v) is 5.28. The van der Waals surface area contributed by atoms with Crippen molar-refractivity contribution in [3.8, 4) is 0 Å². The van der Waals surface area contributed by atoms with E-state index in [4.69, 9.17) is 11.6 Å². The van der Waals surface area contributed by atoms with Crippen molar-refractivity contribution in [2.24, 2.45) is 5.41 Å². The second-order valence-electron chi connectivity index (χ2n) is 4.98. The lowest BCUT2D eigenvalue weighted by Crippen LogP contribution is -2.39. The zero-order chi connectivity index (χ0) is 12.3. The van der Waals surface area contributed by atoms with Gasteiger partial charge in [-0.25, -0.2) is 0 Å². The molecule has 3 nitrogen and oxygen atoms in total. The molecule has 0 atom stereocenters. The summed E-state index contributed by atoms with van der Waals surface area (Å²) in [6, 6.07) is 0. The van der Waals surface area contributed by atoms with Gasteiger partial charge >= 0.3 is 0 Å². The van der Waals surface area contributed by atoms with E-state index in [2.05, 4.69) is 28.3 Å². The maximum absolute atomic E-state index is 6.04. The third kappa shape index (κ3) is 2.98. The molecule has 1 saturated heterocycles. The number of halogens is 1. The van der Waals surface area contributed by atoms with Gasteiger partial charge in [-0.2, -0.15) is 0 Å². The Morgan fingerprint density at radius 1 is 1.29 bits per heavy atom. The van der Waals surface area contributed by atoms with Crippen molar-refractivity contribution < 1.29 is 0 Å². The van der Waals surface area contributed by atoms with Crippen molar-refractivity contribution in [3.63, 3.8) is 0 Å². The highest BCUT2D eigenvalue weighted by Crippen LogP contribution is 2.38. The minimum Gasteiger partial charge on any atom is -0.297 e. The molecule has 0 saturated carbocycles. The first-order chi connectivity index (χ1) is 8.19. The Morgan fingerprint density at radius 3 is 2.41 bits per heavy atom. The van der Waals surface area contributed by atoms with Gasteiger partial charge < -0.3 is 0 Å². The zero-order valence-electron chi connectivity index (χ0n) is 10.6. The first-order valence-corrected chi connectivity index (χ1v) is 7.53. The number of hydrogen-bond acceptors (Lipinski definition) is 4. The smallest absolute Gasteiger partial charge is 0.138 e. The summed E-state index contributed by atoms with van der Waals surface area (Å²) in [4.78, 5) is 2.45. The molecule has 0 aromatic carbocycles. The van der Waals surface area contributed by atoms with Crippen LogP contribution >= 0.6 is 23.1 Å². The lowest BCUT2D eigenvalue weighted by Gasteiger charge is -2.40. The summed E-state index contributed by atoms with van der Waals surface area (Å²) in [7, 11) is 0. The van der Waals surface area contributed by atoms with Crippen molar-refractivity contribution in [2.45, 2.75) is 46.1 Å². The van der Waals surface area contributed by atoms with E-state index in [-0.39, 0.29) is 0 Å². The van der Waals surface area contributed by atoms with Gasteiger partial charge in [0, 0.05) is 18.1 Å². The maximum atomic E-state index is 6.04. The number of aromatic nitrogens is 2. The molecular formula is C12H20ClN3S. The number of likely N-dealkylation sites (tertiary alicyclic amines) is 1. The van der Waals surface area contributed by atoms with Crippen LogP contribution in [0.5, 0.6) is 0 Å². The van der Waals surface area contributed by atoms with E-state index in [1.54, 1.807) is 0 Å². The molecule has 1 aromatic heterocycles. The van der Waals surface area contributed by atoms with Crippen LogP contribution in [0, 0.1) is 5.41 Å². The minimum absolute atomic E-state index is 0.584. The maximum Gasteiger partial charge on any atom is 0.138 e. The Hall–Kier alpha value is -0.190. The molecule has 0 spiro atoms. The quantitative estimate of drug-likeness (QED) is 0.839. The molecule has 1 aromatic rings. The van der Waals surface area contributed by atoms with Gasteiger partial charge in [-0.3, -0.25) is 4.90 Å². The van der Waals surface area contributed by atoms with E-state index in [9.17, 15) is 0 Å². The molecule has 0 amide bonds. The van der Waals surface area contributed by atoms with E-state index in [1.807, 2.05) is 0 Å². The van der Waals surface area contributed by atoms with Crippen LogP contribution in [0.1, 0.15) is 45.2 Å². The van der Waals surface area contributed by atoms with Crippen LogP contribution in [0.25, 0.3) is 0 Å². The summed E-state index contributed by atoms with van der Waals surface area (Å²) in [6.07, 6.45) is 5.21. The van der Waals surface area contributed by atoms with Crippen LogP contribution in [0.4, 0.5) is 0 Å². The summed E-state index contributed by atoms with van der Waals surface area (Å²) in [6.45, 7) is 7.82. The highest BCUT2D eigenvalue weighted by atomic mass is 35.5. The van der Waals surface area contributed by atoms with Crippen LogP contribution in [0.15, 0.2) is 0 Å². The Morgan fingerprint density at radius 2 is 1.94 bits per heavy atom. The monoisotopic (exact) mass is 273 g/mol. The second kappa shape index (κ2) is 5.63. The first-order valence-electron chi connectivity index (χ1n) is 6.38. The van der Waals surface area contributed by atoms with Crippen LogP contribution in [-0.4, -0.2) is 27.6 Å². The van der Waals surface area contributed by atoms with Gasteiger partial charge in [0.05, 0.1) is 0 Å². The molecule has 17 heavy (non-hydrogen) atoms. The van der Waals surface area contributed by atoms with E-state index < -0.39 is 0 Å². The highest BCUT2D eigenvalue weighted by molar-refractivity contribution is 7.10. The molecule has 0 unspecified atom stereocenters. The fourth-order valence-electron chi connectivity index (χ4n) is 2.65. The fourth-order valence-corrected chi connectivity index (χ4v) is 3.26. The molecule has 0 N–H and O–H groups in total. The Kier molecular flexibility index (Phi) is 4.39. The standard InChI is InChI=1S/C12H20ClN3S/c1-3-12(4-2)5-7-16(8-6-12)9-10-11(13)17-15-14-10/h3-9H2,1-2H3. The van der Waals surface area contributed by atoms with E-state index in [0.717, 1.165) is 29.7 Å². The molecule has 0 radical (unpaired) electrons. The van der Waals surface area contributed by atoms with Crippen LogP contribution in [0.3, 0.4) is 0 Å². The molecule has 2 rings (SSSR count). The van der Waals surface area contributed by atoms with Crippen molar-refractivity contribution in [1.29, 1.82) is 0 Å². The predicted molar refractivity (Wildman–Crippen MR) is 72.4 cm³/mol. The second-order valence-corrected chi connectivity index (χ2v) is 6.33. The average Bonchev–Trinajstić information content (AvgIpc) is 2.77. The molecule has 5 heteroatoms. The number of piperidine rings is 1. The van der Waals surface area contributed by atoms with Crippen LogP contribution in [-0.2, 0) is 6.54 Å². The Balaban J connectivity index is 1.89. The molecule has 1 aliphatic heterocycles. The van der Waals surface area contributed by atoms with Gasteiger partial charge in [-0.05, 0) is 31.3 Å². The van der Waals surface area contributed by atoms with Crippen LogP contribution < -0.4 is 0 Å². The topological polar surface area (TPSA) is 29.0 Å². The van der Waals surface area contributed by atoms with E-state index >= 15 is 0 Å². The fraction of sp³-hybridized carbons (Fsp3) is 0.833. The van der Waals surface area contributed by atoms with Gasteiger partial charge in [0.1, 0.15) is 10.0 Å². The van der Waals surface area contributed by atoms with Gasteiger partial charge in [0.25, 0.3) is 0 Å². The van der Waals surface area contributed by atoms with Crippen molar-refractivity contribution in [3.05, 3.63) is 10.0 Å². The lowest BCUT2D eigenvalue weighted by molar-refractivity contribution is 0.0901. The number of rotatable bonds is 4. The van der Waals surface area contributed by atoms with Crippen molar-refractivity contribution in [2.75, 3.05) is 13.1 Å². The molecular weight excluding hydrogens is 254 g/mol. The van der Waals surface area contributed by atoms with E-state index in [1.165, 1.54) is 37.2 Å². The van der Waals surface area contributed by atoms with Gasteiger partial charge in [-0.15, -0.1) is 5.10 Å². The van der Waals surface area contributed by atoms with Crippen LogP contribution in [0.2, 0.25) is 4.34 Å². The normalized spacial score (nSPS) is 20.6. The summed E-state index contributed by atoms with van der Waals surface area (Å²) in [5.74, 6) is 0. The summed E-state index contributed by atoms with van der Waals surface area (Å²) < 4.78 is 4.62. The average molecular weight is 274 g/mol. The summed E-state index contributed by atoms with van der Waals surface area (Å²) in [5, 5.41) is 4.08. The molecule has 96 valence electrons. The van der Waals surface area contributed by atoms with Gasteiger partial charge in [0.15, 0.2) is 0 Å². The molecule has 1 fully saturated rings.